The van der Waals surface area contributed by atoms with Gasteiger partial charge in [-0.25, -0.2) is 0 Å². The Balaban J connectivity index is 1.87. The van der Waals surface area contributed by atoms with Gasteiger partial charge in [-0.2, -0.15) is 0 Å². The Kier molecular flexibility index (Phi) is 4.36. The summed E-state index contributed by atoms with van der Waals surface area (Å²) in [7, 11) is 1.70. The molecule has 3 aromatic carbocycles. The van der Waals surface area contributed by atoms with Crippen LogP contribution in [0.4, 0.5) is 0 Å². The van der Waals surface area contributed by atoms with Crippen LogP contribution in [0, 0.1) is 0 Å². The minimum Gasteiger partial charge on any atom is -0.497 e. The summed E-state index contributed by atoms with van der Waals surface area (Å²) >= 11 is 1.84. The van der Waals surface area contributed by atoms with Gasteiger partial charge in [-0.3, -0.25) is 0 Å². The van der Waals surface area contributed by atoms with Gasteiger partial charge in [0.2, 0.25) is 0 Å². The van der Waals surface area contributed by atoms with Crippen LogP contribution >= 0.6 is 11.3 Å². The van der Waals surface area contributed by atoms with Crippen molar-refractivity contribution in [2.45, 2.75) is 0 Å². The van der Waals surface area contributed by atoms with Crippen LogP contribution in [0.5, 0.6) is 5.75 Å². The molecule has 0 saturated carbocycles. The number of benzene rings is 3. The van der Waals surface area contributed by atoms with Crippen LogP contribution in [0.1, 0.15) is 0 Å². The predicted molar refractivity (Wildman–Crippen MR) is 107 cm³/mol. The minimum atomic E-state index is 0.878. The molecule has 0 N–H and O–H groups in total. The van der Waals surface area contributed by atoms with Gasteiger partial charge < -0.3 is 4.74 Å². The summed E-state index contributed by atoms with van der Waals surface area (Å²) in [4.78, 5) is 2.58. The van der Waals surface area contributed by atoms with Gasteiger partial charge in [0, 0.05) is 15.3 Å². The fourth-order valence-corrected chi connectivity index (χ4v) is 4.12. The van der Waals surface area contributed by atoms with Crippen molar-refractivity contribution in [2.24, 2.45) is 0 Å². The summed E-state index contributed by atoms with van der Waals surface area (Å²) in [5.74, 6) is 0.878. The van der Waals surface area contributed by atoms with Crippen LogP contribution in [0.25, 0.3) is 32.0 Å². The first kappa shape index (κ1) is 15.7. The number of methoxy groups -OCH3 is 1. The largest absolute Gasteiger partial charge is 0.497 e. The van der Waals surface area contributed by atoms with Gasteiger partial charge in [0.1, 0.15) is 5.75 Å². The van der Waals surface area contributed by atoms with Crippen LogP contribution in [-0.2, 0) is 0 Å². The van der Waals surface area contributed by atoms with Crippen molar-refractivity contribution in [1.29, 1.82) is 0 Å². The van der Waals surface area contributed by atoms with E-state index in [1.165, 1.54) is 32.0 Å². The highest BCUT2D eigenvalue weighted by Crippen LogP contribution is 2.43. The fraction of sp³-hybridized carbons (Fsp3) is 0.0435. The second-order valence-corrected chi connectivity index (χ2v) is 6.87. The van der Waals surface area contributed by atoms with Crippen LogP contribution < -0.4 is 4.74 Å². The van der Waals surface area contributed by atoms with E-state index in [0.717, 1.165) is 5.75 Å². The first-order valence-electron chi connectivity index (χ1n) is 8.24. The smallest absolute Gasteiger partial charge is 0.118 e. The molecule has 4 aromatic rings. The number of hydrogen-bond donors (Lipinski definition) is 0. The number of rotatable bonds is 4. The Hall–Kier alpha value is -2.84. The Labute approximate surface area is 152 Å². The van der Waals surface area contributed by atoms with E-state index in [9.17, 15) is 0 Å². The lowest BCUT2D eigenvalue weighted by molar-refractivity contribution is 0.415. The molecule has 1 nitrogen and oxygen atoms in total. The van der Waals surface area contributed by atoms with Gasteiger partial charge in [0.25, 0.3) is 0 Å². The van der Waals surface area contributed by atoms with Gasteiger partial charge in [-0.05, 0) is 34.9 Å². The van der Waals surface area contributed by atoms with Crippen LogP contribution in [-0.4, -0.2) is 7.11 Å². The molecule has 25 heavy (non-hydrogen) atoms. The van der Waals surface area contributed by atoms with Gasteiger partial charge >= 0.3 is 0 Å². The molecule has 0 unspecified atom stereocenters. The predicted octanol–water partition coefficient (Wildman–Crippen LogP) is 6.76. The molecule has 0 aliphatic rings. The van der Waals surface area contributed by atoms with Crippen molar-refractivity contribution in [1.82, 2.24) is 0 Å². The van der Waals surface area contributed by atoms with E-state index in [4.69, 9.17) is 4.74 Å². The molecule has 4 rings (SSSR count). The molecule has 0 bridgehead atoms. The zero-order chi connectivity index (χ0) is 17.1. The first-order valence-corrected chi connectivity index (χ1v) is 9.06. The van der Waals surface area contributed by atoms with Gasteiger partial charge in [-0.1, -0.05) is 72.8 Å². The monoisotopic (exact) mass is 342 g/mol. The summed E-state index contributed by atoms with van der Waals surface area (Å²) in [5.41, 5.74) is 4.97. The third-order valence-corrected chi connectivity index (χ3v) is 5.46. The lowest BCUT2D eigenvalue weighted by Gasteiger charge is -2.05. The normalized spacial score (nSPS) is 10.6. The molecule has 0 aliphatic carbocycles. The van der Waals surface area contributed by atoms with Crippen LogP contribution in [0.3, 0.4) is 0 Å². The van der Waals surface area contributed by atoms with Crippen molar-refractivity contribution >= 4 is 11.3 Å². The SMILES string of the molecule is COc1ccc(-c2cc(-c3ccccc3)sc2-c2ccccc2)cc1. The zero-order valence-electron chi connectivity index (χ0n) is 14.0. The molecule has 0 spiro atoms. The third kappa shape index (κ3) is 3.21. The summed E-state index contributed by atoms with van der Waals surface area (Å²) in [6.45, 7) is 0. The molecule has 0 fully saturated rings. The Bertz CT molecular complexity index is 954. The van der Waals surface area contributed by atoms with Crippen LogP contribution in [0.2, 0.25) is 0 Å². The maximum Gasteiger partial charge on any atom is 0.118 e. The maximum absolute atomic E-state index is 5.30. The van der Waals surface area contributed by atoms with E-state index < -0.39 is 0 Å². The van der Waals surface area contributed by atoms with Crippen molar-refractivity contribution in [2.75, 3.05) is 7.11 Å². The standard InChI is InChI=1S/C23H18OS/c1-24-20-14-12-17(13-15-20)21-16-22(18-8-4-2-5-9-18)25-23(21)19-10-6-3-7-11-19/h2-16H,1H3. The lowest BCUT2D eigenvalue weighted by Crippen LogP contribution is -1.83. The molecular formula is C23H18OS. The molecule has 0 aliphatic heterocycles. The van der Waals surface area contributed by atoms with Crippen molar-refractivity contribution in [3.05, 3.63) is 91.0 Å². The van der Waals surface area contributed by atoms with E-state index >= 15 is 0 Å². The number of ether oxygens (including phenoxy) is 1. The zero-order valence-corrected chi connectivity index (χ0v) is 14.8. The van der Waals surface area contributed by atoms with E-state index in [-0.39, 0.29) is 0 Å². The third-order valence-electron chi connectivity index (χ3n) is 4.23. The summed E-state index contributed by atoms with van der Waals surface area (Å²) in [6, 6.07) is 31.7. The Morgan fingerprint density at radius 3 is 1.84 bits per heavy atom. The van der Waals surface area contributed by atoms with Gasteiger partial charge in [0.05, 0.1) is 7.11 Å². The van der Waals surface area contributed by atoms with Crippen molar-refractivity contribution in [3.8, 4) is 37.8 Å². The molecule has 0 amide bonds. The summed E-state index contributed by atoms with van der Waals surface area (Å²) in [5, 5.41) is 0. The van der Waals surface area contributed by atoms with E-state index in [1.807, 2.05) is 23.5 Å². The minimum absolute atomic E-state index is 0.878. The highest BCUT2D eigenvalue weighted by Gasteiger charge is 2.14. The number of thiophene rings is 1. The highest BCUT2D eigenvalue weighted by atomic mass is 32.1. The molecule has 0 saturated heterocycles. The summed E-state index contributed by atoms with van der Waals surface area (Å²) < 4.78 is 5.30. The van der Waals surface area contributed by atoms with Crippen molar-refractivity contribution < 1.29 is 4.74 Å². The van der Waals surface area contributed by atoms with Crippen LogP contribution in [0.15, 0.2) is 91.0 Å². The lowest BCUT2D eigenvalue weighted by atomic mass is 10.0. The molecule has 0 radical (unpaired) electrons. The second-order valence-electron chi connectivity index (χ2n) is 5.81. The Morgan fingerprint density at radius 1 is 0.640 bits per heavy atom. The molecular weight excluding hydrogens is 324 g/mol. The highest BCUT2D eigenvalue weighted by molar-refractivity contribution is 7.19. The first-order chi connectivity index (χ1) is 12.3. The summed E-state index contributed by atoms with van der Waals surface area (Å²) in [6.07, 6.45) is 0. The molecule has 2 heteroatoms. The quantitative estimate of drug-likeness (QED) is 0.398. The molecule has 1 heterocycles. The van der Waals surface area contributed by atoms with Crippen molar-refractivity contribution in [3.63, 3.8) is 0 Å². The van der Waals surface area contributed by atoms with Gasteiger partial charge in [0.15, 0.2) is 0 Å². The average molecular weight is 342 g/mol. The molecule has 0 atom stereocenters. The fourth-order valence-electron chi connectivity index (χ4n) is 2.92. The molecule has 122 valence electrons. The second kappa shape index (κ2) is 6.96. The van der Waals surface area contributed by atoms with Gasteiger partial charge in [-0.15, -0.1) is 11.3 Å². The Morgan fingerprint density at radius 2 is 1.24 bits per heavy atom. The number of hydrogen-bond acceptors (Lipinski definition) is 2. The van der Waals surface area contributed by atoms with E-state index in [0.29, 0.717) is 0 Å². The topological polar surface area (TPSA) is 9.23 Å². The maximum atomic E-state index is 5.30. The van der Waals surface area contributed by atoms with E-state index in [1.54, 1.807) is 7.11 Å². The average Bonchev–Trinajstić information content (AvgIpc) is 3.15. The van der Waals surface area contributed by atoms with E-state index in [2.05, 4.69) is 78.9 Å². The molecule has 1 aromatic heterocycles.